The van der Waals surface area contributed by atoms with Gasteiger partial charge < -0.3 is 4.74 Å². The van der Waals surface area contributed by atoms with Crippen LogP contribution in [0.2, 0.25) is 0 Å². The van der Waals surface area contributed by atoms with Gasteiger partial charge >= 0.3 is 5.97 Å². The molecule has 1 aliphatic rings. The molecule has 1 atom stereocenters. The minimum absolute atomic E-state index is 0.212. The third-order valence-electron chi connectivity index (χ3n) is 3.81. The summed E-state index contributed by atoms with van der Waals surface area (Å²) in [5.74, 6) is -0.212. The van der Waals surface area contributed by atoms with Gasteiger partial charge in [0.1, 0.15) is 0 Å². The van der Waals surface area contributed by atoms with Crippen LogP contribution in [0.25, 0.3) is 0 Å². The number of hydrogen-bond donors (Lipinski definition) is 0. The molecule has 20 heavy (non-hydrogen) atoms. The zero-order valence-electron chi connectivity index (χ0n) is 12.3. The van der Waals surface area contributed by atoms with Gasteiger partial charge in [0, 0.05) is 18.7 Å². The lowest BCUT2D eigenvalue weighted by Crippen LogP contribution is -2.38. The Morgan fingerprint density at radius 3 is 2.85 bits per heavy atom. The molecule has 1 heterocycles. The van der Waals surface area contributed by atoms with Gasteiger partial charge in [-0.3, -0.25) is 4.90 Å². The Kier molecular flexibility index (Phi) is 5.36. The molecule has 1 aromatic carbocycles. The van der Waals surface area contributed by atoms with E-state index in [4.69, 9.17) is 4.74 Å². The second kappa shape index (κ2) is 7.25. The number of carbonyl (C=O) groups is 1. The maximum atomic E-state index is 11.6. The van der Waals surface area contributed by atoms with Gasteiger partial charge in [-0.1, -0.05) is 30.3 Å². The zero-order chi connectivity index (χ0) is 14.4. The number of piperidine rings is 1. The third-order valence-corrected chi connectivity index (χ3v) is 3.81. The van der Waals surface area contributed by atoms with E-state index in [9.17, 15) is 4.79 Å². The molecule has 0 spiro atoms. The Hall–Kier alpha value is -1.61. The van der Waals surface area contributed by atoms with Crippen molar-refractivity contribution in [2.24, 2.45) is 0 Å². The summed E-state index contributed by atoms with van der Waals surface area (Å²) < 4.78 is 5.01. The lowest BCUT2D eigenvalue weighted by atomic mass is 9.95. The van der Waals surface area contributed by atoms with Crippen LogP contribution in [0.15, 0.2) is 42.0 Å². The smallest absolute Gasteiger partial charge is 0.330 e. The first-order chi connectivity index (χ1) is 9.70. The number of nitrogens with zero attached hydrogens (tertiary/aromatic N) is 1. The lowest BCUT2D eigenvalue weighted by Gasteiger charge is -2.35. The van der Waals surface area contributed by atoms with E-state index in [1.165, 1.54) is 11.1 Å². The van der Waals surface area contributed by atoms with Crippen molar-refractivity contribution in [1.29, 1.82) is 0 Å². The van der Waals surface area contributed by atoms with Crippen molar-refractivity contribution in [3.8, 4) is 0 Å². The topological polar surface area (TPSA) is 29.5 Å². The summed E-state index contributed by atoms with van der Waals surface area (Å²) in [5.41, 5.74) is 2.50. The Morgan fingerprint density at radius 2 is 2.15 bits per heavy atom. The zero-order valence-corrected chi connectivity index (χ0v) is 12.3. The average molecular weight is 273 g/mol. The van der Waals surface area contributed by atoms with E-state index in [0.717, 1.165) is 25.9 Å². The van der Waals surface area contributed by atoms with Crippen LogP contribution in [0, 0.1) is 0 Å². The number of ether oxygens (including phenoxy) is 1. The Bertz CT molecular complexity index is 467. The maximum Gasteiger partial charge on any atom is 0.330 e. The molecule has 1 aliphatic heterocycles. The molecule has 2 rings (SSSR count). The number of carbonyl (C=O) groups excluding carboxylic acids is 1. The Labute approximate surface area is 121 Å². The first-order valence-electron chi connectivity index (χ1n) is 7.36. The summed E-state index contributed by atoms with van der Waals surface area (Å²) in [5, 5.41) is 0. The van der Waals surface area contributed by atoms with Crippen LogP contribution in [-0.2, 0) is 16.1 Å². The summed E-state index contributed by atoms with van der Waals surface area (Å²) in [6, 6.07) is 10.8. The van der Waals surface area contributed by atoms with Crippen molar-refractivity contribution < 1.29 is 9.53 Å². The van der Waals surface area contributed by atoms with Crippen molar-refractivity contribution in [3.05, 3.63) is 47.5 Å². The predicted octanol–water partition coefficient (Wildman–Crippen LogP) is 3.16. The van der Waals surface area contributed by atoms with Gasteiger partial charge in [-0.15, -0.1) is 0 Å². The van der Waals surface area contributed by atoms with E-state index in [-0.39, 0.29) is 5.97 Å². The van der Waals surface area contributed by atoms with Gasteiger partial charge in [-0.05, 0) is 44.4 Å². The molecule has 1 unspecified atom stereocenters. The highest BCUT2D eigenvalue weighted by molar-refractivity contribution is 5.83. The fourth-order valence-electron chi connectivity index (χ4n) is 2.69. The maximum absolute atomic E-state index is 11.6. The standard InChI is InChI=1S/C17H23NO2/c1-3-20-17(19)12-16-10-7-11-18(14(16)2)13-15-8-5-4-6-9-15/h4-6,8-9,12,14H,3,7,10-11,13H2,1-2H3/b16-12+. The van der Waals surface area contributed by atoms with Crippen LogP contribution in [0.4, 0.5) is 0 Å². The molecular formula is C17H23NO2. The van der Waals surface area contributed by atoms with Crippen LogP contribution in [0.3, 0.4) is 0 Å². The average Bonchev–Trinajstić information content (AvgIpc) is 2.45. The van der Waals surface area contributed by atoms with Crippen molar-refractivity contribution in [2.75, 3.05) is 13.2 Å². The van der Waals surface area contributed by atoms with E-state index in [1.54, 1.807) is 6.08 Å². The van der Waals surface area contributed by atoms with E-state index in [0.29, 0.717) is 12.6 Å². The van der Waals surface area contributed by atoms with Crippen molar-refractivity contribution in [3.63, 3.8) is 0 Å². The molecule has 1 aromatic rings. The molecule has 0 radical (unpaired) electrons. The van der Waals surface area contributed by atoms with Gasteiger partial charge in [0.25, 0.3) is 0 Å². The van der Waals surface area contributed by atoms with Crippen molar-refractivity contribution >= 4 is 5.97 Å². The predicted molar refractivity (Wildman–Crippen MR) is 80.3 cm³/mol. The molecule has 0 N–H and O–H groups in total. The van der Waals surface area contributed by atoms with Crippen LogP contribution in [-0.4, -0.2) is 30.1 Å². The van der Waals surface area contributed by atoms with Crippen molar-refractivity contribution in [1.82, 2.24) is 4.90 Å². The summed E-state index contributed by atoms with van der Waals surface area (Å²) in [4.78, 5) is 14.0. The highest BCUT2D eigenvalue weighted by Crippen LogP contribution is 2.24. The fraction of sp³-hybridized carbons (Fsp3) is 0.471. The van der Waals surface area contributed by atoms with Gasteiger partial charge in [0.15, 0.2) is 0 Å². The number of hydrogen-bond acceptors (Lipinski definition) is 3. The summed E-state index contributed by atoms with van der Waals surface area (Å²) in [6.07, 6.45) is 3.78. The van der Waals surface area contributed by atoms with Crippen LogP contribution in [0.1, 0.15) is 32.3 Å². The third kappa shape index (κ3) is 3.94. The Balaban J connectivity index is 2.03. The highest BCUT2D eigenvalue weighted by atomic mass is 16.5. The second-order valence-corrected chi connectivity index (χ2v) is 5.21. The molecule has 1 fully saturated rings. The summed E-state index contributed by atoms with van der Waals surface area (Å²) in [7, 11) is 0. The van der Waals surface area contributed by atoms with Crippen LogP contribution >= 0.6 is 0 Å². The Morgan fingerprint density at radius 1 is 1.40 bits per heavy atom. The second-order valence-electron chi connectivity index (χ2n) is 5.21. The number of benzene rings is 1. The van der Waals surface area contributed by atoms with Crippen LogP contribution in [0.5, 0.6) is 0 Å². The van der Waals surface area contributed by atoms with E-state index < -0.39 is 0 Å². The van der Waals surface area contributed by atoms with Gasteiger partial charge in [-0.2, -0.15) is 0 Å². The van der Waals surface area contributed by atoms with Crippen LogP contribution < -0.4 is 0 Å². The van der Waals surface area contributed by atoms with Gasteiger partial charge in [0.05, 0.1) is 6.61 Å². The number of likely N-dealkylation sites (tertiary alicyclic amines) is 1. The van der Waals surface area contributed by atoms with E-state index in [1.807, 2.05) is 13.0 Å². The molecule has 0 aliphatic carbocycles. The minimum Gasteiger partial charge on any atom is -0.463 e. The molecule has 0 bridgehead atoms. The largest absolute Gasteiger partial charge is 0.463 e. The SMILES string of the molecule is CCOC(=O)/C=C1\CCCN(Cc2ccccc2)C1C. The molecule has 0 amide bonds. The number of esters is 1. The fourth-order valence-corrected chi connectivity index (χ4v) is 2.69. The minimum atomic E-state index is -0.212. The quantitative estimate of drug-likeness (QED) is 0.623. The molecule has 3 nitrogen and oxygen atoms in total. The van der Waals surface area contributed by atoms with E-state index >= 15 is 0 Å². The molecular weight excluding hydrogens is 250 g/mol. The molecule has 1 saturated heterocycles. The molecule has 0 aromatic heterocycles. The molecule has 3 heteroatoms. The lowest BCUT2D eigenvalue weighted by molar-refractivity contribution is -0.137. The molecule has 0 saturated carbocycles. The summed E-state index contributed by atoms with van der Waals surface area (Å²) >= 11 is 0. The van der Waals surface area contributed by atoms with E-state index in [2.05, 4.69) is 36.1 Å². The highest BCUT2D eigenvalue weighted by Gasteiger charge is 2.23. The van der Waals surface area contributed by atoms with Gasteiger partial charge in [-0.25, -0.2) is 4.79 Å². The summed E-state index contributed by atoms with van der Waals surface area (Å²) in [6.45, 7) is 6.46. The molecule has 108 valence electrons. The first kappa shape index (κ1) is 14.8. The first-order valence-corrected chi connectivity index (χ1v) is 7.36. The van der Waals surface area contributed by atoms with Gasteiger partial charge in [0.2, 0.25) is 0 Å². The normalized spacial score (nSPS) is 21.9. The number of rotatable bonds is 4. The monoisotopic (exact) mass is 273 g/mol. The van der Waals surface area contributed by atoms with Crippen molar-refractivity contribution in [2.45, 2.75) is 39.3 Å².